The number of hydrogen-bond acceptors (Lipinski definition) is 3. The van der Waals surface area contributed by atoms with Crippen LogP contribution in [0.15, 0.2) is 29.8 Å². The van der Waals surface area contributed by atoms with E-state index >= 15 is 0 Å². The summed E-state index contributed by atoms with van der Waals surface area (Å²) in [4.78, 5) is 15.1. The number of halogens is 1. The molecule has 0 radical (unpaired) electrons. The molecule has 2 fully saturated rings. The first kappa shape index (κ1) is 22.2. The number of allylic oxidation sites excluding steroid dienone is 1. The van der Waals surface area contributed by atoms with E-state index in [0.29, 0.717) is 16.3 Å². The van der Waals surface area contributed by atoms with Crippen LogP contribution < -0.4 is 10.1 Å². The van der Waals surface area contributed by atoms with Crippen LogP contribution >= 0.6 is 11.6 Å². The topological polar surface area (TPSA) is 41.6 Å². The molecule has 1 saturated heterocycles. The zero-order chi connectivity index (χ0) is 20.6. The van der Waals surface area contributed by atoms with Gasteiger partial charge in [0.2, 0.25) is 0 Å². The molecule has 160 valence electrons. The molecule has 5 heteroatoms. The molecular weight excluding hydrogens is 384 g/mol. The largest absolute Gasteiger partial charge is 0.489 e. The quantitative estimate of drug-likeness (QED) is 0.482. The lowest BCUT2D eigenvalue weighted by atomic mass is 10.0. The Balaban J connectivity index is 1.50. The predicted octanol–water partition coefficient (Wildman–Crippen LogP) is 5.60. The molecule has 3 rings (SSSR count). The highest BCUT2D eigenvalue weighted by atomic mass is 35.5. The molecule has 1 aliphatic carbocycles. The van der Waals surface area contributed by atoms with Gasteiger partial charge in [0, 0.05) is 31.2 Å². The molecular formula is C24H35ClN2O2. The van der Waals surface area contributed by atoms with Crippen molar-refractivity contribution in [2.24, 2.45) is 0 Å². The molecule has 0 aromatic heterocycles. The molecule has 29 heavy (non-hydrogen) atoms. The number of carbonyl (C=O) groups excluding carboxylic acids is 1. The summed E-state index contributed by atoms with van der Waals surface area (Å²) >= 11 is 6.44. The summed E-state index contributed by atoms with van der Waals surface area (Å²) in [5.41, 5.74) is 2.00. The van der Waals surface area contributed by atoms with Gasteiger partial charge in [-0.15, -0.1) is 0 Å². The first-order valence-corrected chi connectivity index (χ1v) is 11.5. The summed E-state index contributed by atoms with van der Waals surface area (Å²) < 4.78 is 6.13. The van der Waals surface area contributed by atoms with E-state index in [1.807, 2.05) is 12.1 Å². The van der Waals surface area contributed by atoms with Crippen LogP contribution in [-0.4, -0.2) is 42.6 Å². The van der Waals surface area contributed by atoms with Gasteiger partial charge in [-0.1, -0.05) is 36.1 Å². The van der Waals surface area contributed by atoms with Crippen molar-refractivity contribution < 1.29 is 9.53 Å². The molecule has 0 unspecified atom stereocenters. The highest BCUT2D eigenvalue weighted by molar-refractivity contribution is 6.32. The van der Waals surface area contributed by atoms with Crippen LogP contribution in [0.25, 0.3) is 0 Å². The lowest BCUT2D eigenvalue weighted by molar-refractivity contribution is 0.0913. The third-order valence-corrected chi connectivity index (χ3v) is 6.47. The zero-order valence-corrected chi connectivity index (χ0v) is 18.6. The molecule has 0 atom stereocenters. The van der Waals surface area contributed by atoms with E-state index in [-0.39, 0.29) is 18.1 Å². The molecule has 1 aromatic carbocycles. The van der Waals surface area contributed by atoms with E-state index in [0.717, 1.165) is 45.3 Å². The predicted molar refractivity (Wildman–Crippen MR) is 120 cm³/mol. The second-order valence-electron chi connectivity index (χ2n) is 8.54. The van der Waals surface area contributed by atoms with Gasteiger partial charge in [0.1, 0.15) is 5.75 Å². The Morgan fingerprint density at radius 1 is 1.17 bits per heavy atom. The summed E-state index contributed by atoms with van der Waals surface area (Å²) in [6, 6.07) is 5.65. The van der Waals surface area contributed by atoms with E-state index in [2.05, 4.69) is 30.1 Å². The lowest BCUT2D eigenvalue weighted by Crippen LogP contribution is -2.45. The van der Waals surface area contributed by atoms with Gasteiger partial charge in [-0.05, 0) is 70.6 Å². The molecule has 1 N–H and O–H groups in total. The van der Waals surface area contributed by atoms with Crippen molar-refractivity contribution in [2.45, 2.75) is 77.4 Å². The maximum atomic E-state index is 12.7. The lowest BCUT2D eigenvalue weighted by Gasteiger charge is -2.32. The Morgan fingerprint density at radius 2 is 1.86 bits per heavy atom. The Morgan fingerprint density at radius 3 is 2.48 bits per heavy atom. The third-order valence-electron chi connectivity index (χ3n) is 6.18. The van der Waals surface area contributed by atoms with E-state index in [9.17, 15) is 4.79 Å². The van der Waals surface area contributed by atoms with Gasteiger partial charge in [-0.2, -0.15) is 0 Å². The Labute approximate surface area is 180 Å². The summed E-state index contributed by atoms with van der Waals surface area (Å²) in [6.07, 6.45) is 11.6. The van der Waals surface area contributed by atoms with E-state index in [4.69, 9.17) is 16.3 Å². The fourth-order valence-electron chi connectivity index (χ4n) is 4.23. The highest BCUT2D eigenvalue weighted by Crippen LogP contribution is 2.29. The van der Waals surface area contributed by atoms with Crippen LogP contribution in [0.5, 0.6) is 5.75 Å². The van der Waals surface area contributed by atoms with Crippen molar-refractivity contribution in [1.29, 1.82) is 0 Å². The number of hydrogen-bond donors (Lipinski definition) is 1. The number of ether oxygens (including phenoxy) is 1. The van der Waals surface area contributed by atoms with Crippen molar-refractivity contribution in [3.05, 3.63) is 40.4 Å². The standard InChI is InChI=1S/C24H35ClN2O2/c1-3-18(2)17-27-14-12-20(13-15-27)26-24(28)19-10-11-23(22(25)16-19)29-21-8-6-4-5-7-9-21/h3,10-11,16,20-21H,4-9,12-15,17H2,1-2H3,(H,26,28)/b18-3+. The molecule has 1 aromatic rings. The third kappa shape index (κ3) is 6.75. The van der Waals surface area contributed by atoms with Crippen molar-refractivity contribution in [2.75, 3.05) is 19.6 Å². The number of amides is 1. The van der Waals surface area contributed by atoms with Gasteiger partial charge in [0.15, 0.2) is 0 Å². The monoisotopic (exact) mass is 418 g/mol. The maximum absolute atomic E-state index is 12.7. The molecule has 1 heterocycles. The summed E-state index contributed by atoms with van der Waals surface area (Å²) in [5.74, 6) is 0.652. The first-order valence-electron chi connectivity index (χ1n) is 11.2. The van der Waals surface area contributed by atoms with Crippen LogP contribution in [0.1, 0.15) is 75.6 Å². The molecule has 1 saturated carbocycles. The van der Waals surface area contributed by atoms with Crippen molar-refractivity contribution in [3.8, 4) is 5.75 Å². The average molecular weight is 419 g/mol. The van der Waals surface area contributed by atoms with E-state index in [1.165, 1.54) is 31.3 Å². The number of likely N-dealkylation sites (tertiary alicyclic amines) is 1. The zero-order valence-electron chi connectivity index (χ0n) is 17.9. The summed E-state index contributed by atoms with van der Waals surface area (Å²) in [6.45, 7) is 7.31. The minimum absolute atomic E-state index is 0.0454. The van der Waals surface area contributed by atoms with Gasteiger partial charge in [0.05, 0.1) is 11.1 Å². The van der Waals surface area contributed by atoms with Crippen LogP contribution in [0, 0.1) is 0 Å². The van der Waals surface area contributed by atoms with E-state index in [1.54, 1.807) is 6.07 Å². The van der Waals surface area contributed by atoms with E-state index < -0.39 is 0 Å². The number of carbonyl (C=O) groups is 1. The van der Waals surface area contributed by atoms with Gasteiger partial charge in [-0.3, -0.25) is 9.69 Å². The molecule has 1 aliphatic heterocycles. The molecule has 2 aliphatic rings. The summed E-state index contributed by atoms with van der Waals surface area (Å²) in [5, 5.41) is 3.71. The number of benzene rings is 1. The highest BCUT2D eigenvalue weighted by Gasteiger charge is 2.22. The van der Waals surface area contributed by atoms with Crippen molar-refractivity contribution >= 4 is 17.5 Å². The number of rotatable bonds is 6. The van der Waals surface area contributed by atoms with Crippen molar-refractivity contribution in [3.63, 3.8) is 0 Å². The van der Waals surface area contributed by atoms with Gasteiger partial charge in [0.25, 0.3) is 5.91 Å². The smallest absolute Gasteiger partial charge is 0.251 e. The Hall–Kier alpha value is -1.52. The molecule has 0 spiro atoms. The average Bonchev–Trinajstić information content (AvgIpc) is 2.99. The molecule has 0 bridgehead atoms. The van der Waals surface area contributed by atoms with Crippen LogP contribution in [0.4, 0.5) is 0 Å². The van der Waals surface area contributed by atoms with Crippen molar-refractivity contribution in [1.82, 2.24) is 10.2 Å². The first-order chi connectivity index (χ1) is 14.0. The van der Waals surface area contributed by atoms with Crippen LogP contribution in [0.3, 0.4) is 0 Å². The fourth-order valence-corrected chi connectivity index (χ4v) is 4.45. The maximum Gasteiger partial charge on any atom is 0.251 e. The van der Waals surface area contributed by atoms with Gasteiger partial charge >= 0.3 is 0 Å². The second kappa shape index (κ2) is 11.0. The Bertz CT molecular complexity index is 703. The molecule has 4 nitrogen and oxygen atoms in total. The number of nitrogens with zero attached hydrogens (tertiary/aromatic N) is 1. The Kier molecular flexibility index (Phi) is 8.43. The van der Waals surface area contributed by atoms with Gasteiger partial charge in [-0.25, -0.2) is 0 Å². The van der Waals surface area contributed by atoms with Crippen LogP contribution in [0.2, 0.25) is 5.02 Å². The normalized spacial score (nSPS) is 20.3. The second-order valence-corrected chi connectivity index (χ2v) is 8.94. The van der Waals surface area contributed by atoms with Crippen LogP contribution in [-0.2, 0) is 0 Å². The molecule has 1 amide bonds. The minimum Gasteiger partial charge on any atom is -0.489 e. The number of nitrogens with one attached hydrogen (secondary N) is 1. The fraction of sp³-hybridized carbons (Fsp3) is 0.625. The minimum atomic E-state index is -0.0454. The van der Waals surface area contributed by atoms with Gasteiger partial charge < -0.3 is 10.1 Å². The SMILES string of the molecule is C/C=C(\C)CN1CCC(NC(=O)c2ccc(OC3CCCCCC3)c(Cl)c2)CC1. The summed E-state index contributed by atoms with van der Waals surface area (Å²) in [7, 11) is 0. The number of piperidine rings is 1.